The van der Waals surface area contributed by atoms with Gasteiger partial charge in [0.2, 0.25) is 0 Å². The van der Waals surface area contributed by atoms with E-state index < -0.39 is 0 Å². The largest absolute Gasteiger partial charge is 0.490 e. The second-order valence-corrected chi connectivity index (χ2v) is 7.11. The Bertz CT molecular complexity index is 1110. The molecule has 9 heteroatoms. The third kappa shape index (κ3) is 5.16. The van der Waals surface area contributed by atoms with Crippen molar-refractivity contribution in [3.63, 3.8) is 0 Å². The average molecular weight is 444 g/mol. The maximum atomic E-state index is 12.2. The number of aryl methyl sites for hydroxylation is 1. The van der Waals surface area contributed by atoms with Crippen molar-refractivity contribution in [2.45, 2.75) is 20.8 Å². The van der Waals surface area contributed by atoms with Crippen LogP contribution in [-0.4, -0.2) is 39.8 Å². The Morgan fingerprint density at radius 1 is 1.13 bits per heavy atom. The van der Waals surface area contributed by atoms with Gasteiger partial charge in [0.15, 0.2) is 29.7 Å². The molecule has 8 nitrogen and oxygen atoms in total. The van der Waals surface area contributed by atoms with E-state index in [0.29, 0.717) is 40.1 Å². The molecule has 2 aromatic carbocycles. The Labute approximate surface area is 184 Å². The normalized spacial score (nSPS) is 10.6. The third-order valence-electron chi connectivity index (χ3n) is 4.35. The van der Waals surface area contributed by atoms with Crippen LogP contribution in [0.15, 0.2) is 42.5 Å². The first kappa shape index (κ1) is 22.2. The van der Waals surface area contributed by atoms with E-state index in [0.717, 1.165) is 4.73 Å². The molecule has 31 heavy (non-hydrogen) atoms. The molecule has 1 amide bonds. The summed E-state index contributed by atoms with van der Waals surface area (Å²) in [5, 5.41) is 13.6. The topological polar surface area (TPSA) is 103 Å². The van der Waals surface area contributed by atoms with Crippen molar-refractivity contribution in [1.82, 2.24) is 9.71 Å². The van der Waals surface area contributed by atoms with E-state index in [2.05, 4.69) is 10.3 Å². The summed E-state index contributed by atoms with van der Waals surface area (Å²) in [5.41, 5.74) is 1.67. The Morgan fingerprint density at radius 3 is 2.45 bits per heavy atom. The van der Waals surface area contributed by atoms with E-state index in [1.54, 1.807) is 49.4 Å². The van der Waals surface area contributed by atoms with Crippen molar-refractivity contribution >= 4 is 29.0 Å². The molecule has 3 aromatic rings. The maximum Gasteiger partial charge on any atom is 0.262 e. The highest BCUT2D eigenvalue weighted by molar-refractivity contribution is 6.30. The maximum absolute atomic E-state index is 12.2. The third-order valence-corrected chi connectivity index (χ3v) is 4.60. The highest BCUT2D eigenvalue weighted by Crippen LogP contribution is 2.33. The number of hydrogen-bond acceptors (Lipinski definition) is 6. The van der Waals surface area contributed by atoms with Crippen LogP contribution < -0.4 is 14.8 Å². The van der Waals surface area contributed by atoms with E-state index in [9.17, 15) is 14.8 Å². The van der Waals surface area contributed by atoms with Gasteiger partial charge in [0, 0.05) is 23.2 Å². The number of carbonyl (C=O) groups excluding carboxylic acids is 2. The van der Waals surface area contributed by atoms with Gasteiger partial charge in [0.25, 0.3) is 5.91 Å². The van der Waals surface area contributed by atoms with Gasteiger partial charge in [0.05, 0.1) is 12.3 Å². The predicted molar refractivity (Wildman–Crippen MR) is 116 cm³/mol. The lowest BCUT2D eigenvalue weighted by Crippen LogP contribution is -2.20. The minimum absolute atomic E-state index is 0.118. The molecule has 162 valence electrons. The first-order valence-electron chi connectivity index (χ1n) is 9.55. The molecule has 0 bridgehead atoms. The number of nitrogens with zero attached hydrogens (tertiary/aromatic N) is 2. The molecular weight excluding hydrogens is 422 g/mol. The summed E-state index contributed by atoms with van der Waals surface area (Å²) in [6.07, 6.45) is 0. The van der Waals surface area contributed by atoms with Crippen LogP contribution in [0.25, 0.3) is 11.4 Å². The standard InChI is InChI=1S/C22H22ClN3O5/c1-4-30-19-11-15(22-24-13(2)21(14(3)27)26(22)29)5-10-18(19)31-12-20(28)25-17-8-6-16(23)7-9-17/h5-11,29H,4,12H2,1-3H3,(H,25,28). The number of ether oxygens (including phenoxy) is 2. The van der Waals surface area contributed by atoms with Crippen LogP contribution >= 0.6 is 11.6 Å². The molecule has 2 N–H and O–H groups in total. The van der Waals surface area contributed by atoms with Gasteiger partial charge in [0.1, 0.15) is 5.69 Å². The van der Waals surface area contributed by atoms with Gasteiger partial charge >= 0.3 is 0 Å². The van der Waals surface area contributed by atoms with E-state index >= 15 is 0 Å². The van der Waals surface area contributed by atoms with Crippen LogP contribution in [-0.2, 0) is 4.79 Å². The number of halogens is 1. The number of rotatable bonds is 8. The summed E-state index contributed by atoms with van der Waals surface area (Å²) < 4.78 is 12.0. The molecule has 0 radical (unpaired) electrons. The summed E-state index contributed by atoms with van der Waals surface area (Å²) in [4.78, 5) is 28.2. The molecule has 0 saturated heterocycles. The van der Waals surface area contributed by atoms with Crippen molar-refractivity contribution in [3.8, 4) is 22.9 Å². The molecule has 0 fully saturated rings. The molecule has 0 aliphatic rings. The number of imidazole rings is 1. The van der Waals surface area contributed by atoms with Crippen molar-refractivity contribution < 1.29 is 24.3 Å². The summed E-state index contributed by atoms with van der Waals surface area (Å²) in [5.74, 6) is 0.299. The number of benzene rings is 2. The first-order valence-corrected chi connectivity index (χ1v) is 9.93. The van der Waals surface area contributed by atoms with Crippen molar-refractivity contribution in [2.24, 2.45) is 0 Å². The Kier molecular flexibility index (Phi) is 6.81. The minimum Gasteiger partial charge on any atom is -0.490 e. The molecule has 0 unspecified atom stereocenters. The van der Waals surface area contributed by atoms with Gasteiger partial charge < -0.3 is 20.0 Å². The number of anilines is 1. The summed E-state index contributed by atoms with van der Waals surface area (Å²) in [6, 6.07) is 11.6. The Morgan fingerprint density at radius 2 is 1.84 bits per heavy atom. The lowest BCUT2D eigenvalue weighted by Gasteiger charge is -2.13. The van der Waals surface area contributed by atoms with E-state index in [-0.39, 0.29) is 29.8 Å². The quantitative estimate of drug-likeness (QED) is 0.396. The highest BCUT2D eigenvalue weighted by atomic mass is 35.5. The molecule has 0 saturated carbocycles. The van der Waals surface area contributed by atoms with Crippen LogP contribution in [0.2, 0.25) is 5.02 Å². The fourth-order valence-electron chi connectivity index (χ4n) is 3.02. The molecule has 0 aliphatic heterocycles. The molecular formula is C22H22ClN3O5. The number of ketones is 1. The highest BCUT2D eigenvalue weighted by Gasteiger charge is 2.20. The monoisotopic (exact) mass is 443 g/mol. The predicted octanol–water partition coefficient (Wildman–Crippen LogP) is 4.37. The lowest BCUT2D eigenvalue weighted by atomic mass is 10.2. The molecule has 1 aromatic heterocycles. The van der Waals surface area contributed by atoms with Crippen molar-refractivity contribution in [1.29, 1.82) is 0 Å². The number of amides is 1. The minimum atomic E-state index is -0.346. The number of aromatic nitrogens is 2. The smallest absolute Gasteiger partial charge is 0.262 e. The molecule has 3 rings (SSSR count). The first-order chi connectivity index (χ1) is 14.8. The van der Waals surface area contributed by atoms with Gasteiger partial charge in [-0.05, 0) is 56.3 Å². The van der Waals surface area contributed by atoms with Crippen molar-refractivity contribution in [3.05, 3.63) is 58.9 Å². The SMILES string of the molecule is CCOc1cc(-c2nc(C)c(C(C)=O)n2O)ccc1OCC(=O)Nc1ccc(Cl)cc1. The van der Waals surface area contributed by atoms with Gasteiger partial charge in [-0.15, -0.1) is 0 Å². The van der Waals surface area contributed by atoms with Gasteiger partial charge in [-0.2, -0.15) is 4.73 Å². The van der Waals surface area contributed by atoms with Crippen molar-refractivity contribution in [2.75, 3.05) is 18.5 Å². The van der Waals surface area contributed by atoms with Crippen LogP contribution in [0.4, 0.5) is 5.69 Å². The lowest BCUT2D eigenvalue weighted by molar-refractivity contribution is -0.118. The van der Waals surface area contributed by atoms with Gasteiger partial charge in [-0.25, -0.2) is 4.98 Å². The summed E-state index contributed by atoms with van der Waals surface area (Å²) in [7, 11) is 0. The van der Waals surface area contributed by atoms with Crippen LogP contribution in [0.5, 0.6) is 11.5 Å². The number of Topliss-reactive ketones (excluding diaryl/α,β-unsaturated/α-hetero) is 1. The van der Waals surface area contributed by atoms with Crippen LogP contribution in [0.1, 0.15) is 30.0 Å². The van der Waals surface area contributed by atoms with E-state index in [1.165, 1.54) is 6.92 Å². The average Bonchev–Trinajstić information content (AvgIpc) is 3.03. The number of hydrogen-bond donors (Lipinski definition) is 2. The molecule has 0 atom stereocenters. The molecule has 0 aliphatic carbocycles. The fraction of sp³-hybridized carbons (Fsp3) is 0.227. The second-order valence-electron chi connectivity index (χ2n) is 6.68. The second kappa shape index (κ2) is 9.53. The Balaban J connectivity index is 1.78. The molecule has 0 spiro atoms. The summed E-state index contributed by atoms with van der Waals surface area (Å²) >= 11 is 5.84. The van der Waals surface area contributed by atoms with E-state index in [4.69, 9.17) is 21.1 Å². The summed E-state index contributed by atoms with van der Waals surface area (Å²) in [6.45, 7) is 4.95. The number of carbonyl (C=O) groups is 2. The van der Waals surface area contributed by atoms with Crippen LogP contribution in [0, 0.1) is 6.92 Å². The number of nitrogens with one attached hydrogen (secondary N) is 1. The Hall–Kier alpha value is -3.52. The van der Waals surface area contributed by atoms with Gasteiger partial charge in [-0.1, -0.05) is 11.6 Å². The van der Waals surface area contributed by atoms with Crippen LogP contribution in [0.3, 0.4) is 0 Å². The fourth-order valence-corrected chi connectivity index (χ4v) is 3.14. The zero-order valence-electron chi connectivity index (χ0n) is 17.3. The van der Waals surface area contributed by atoms with Gasteiger partial charge in [-0.3, -0.25) is 9.59 Å². The zero-order chi connectivity index (χ0) is 22.5. The molecule has 1 heterocycles. The zero-order valence-corrected chi connectivity index (χ0v) is 18.1. The van der Waals surface area contributed by atoms with E-state index in [1.807, 2.05) is 6.92 Å².